The summed E-state index contributed by atoms with van der Waals surface area (Å²) < 4.78 is 27.9. The van der Waals surface area contributed by atoms with E-state index in [9.17, 15) is 8.78 Å². The van der Waals surface area contributed by atoms with Crippen LogP contribution in [0.25, 0.3) is 0 Å². The molecule has 2 aliphatic carbocycles. The van der Waals surface area contributed by atoms with E-state index in [-0.39, 0.29) is 10.3 Å². The molecule has 0 amide bonds. The molecule has 1 atom stereocenters. The average Bonchev–Trinajstić information content (AvgIpc) is 2.46. The third-order valence-electron chi connectivity index (χ3n) is 5.56. The fourth-order valence-corrected chi connectivity index (χ4v) is 4.17. The number of halogens is 2. The molecule has 122 valence electrons. The van der Waals surface area contributed by atoms with E-state index in [1.54, 1.807) is 6.92 Å². The minimum absolute atomic E-state index is 0. The fraction of sp³-hybridized carbons (Fsp3) is 0.684. The Labute approximate surface area is 130 Å². The van der Waals surface area contributed by atoms with E-state index in [1.165, 1.54) is 25.7 Å². The van der Waals surface area contributed by atoms with Gasteiger partial charge in [0.05, 0.1) is 0 Å². The molecule has 0 nitrogen and oxygen atoms in total. The van der Waals surface area contributed by atoms with Crippen LogP contribution in [0.1, 0.15) is 66.0 Å². The van der Waals surface area contributed by atoms with Gasteiger partial charge in [0.25, 0.3) is 0 Å². The molecule has 0 radical (unpaired) electrons. The second-order valence-corrected chi connectivity index (χ2v) is 6.98. The normalized spacial score (nSPS) is 28.7. The topological polar surface area (TPSA) is 0 Å². The molecule has 1 saturated carbocycles. The van der Waals surface area contributed by atoms with Gasteiger partial charge in [0, 0.05) is 2.85 Å². The fourth-order valence-electron chi connectivity index (χ4n) is 4.17. The number of hydrogen-bond acceptors (Lipinski definition) is 0. The Balaban J connectivity index is 0.00000161. The standard InChI is InChI=1S/C18H24F2.CH4.2H2/c1-11-3-5-13(6-4-11)14-7-8-15-9-12(2)17(19)18(20)16(15)10-14;;;/h9,11,13-14H,3-8,10H2,1-2H3;1H4;2*1H. The van der Waals surface area contributed by atoms with E-state index in [0.717, 1.165) is 36.7 Å². The highest BCUT2D eigenvalue weighted by molar-refractivity contribution is 5.36. The van der Waals surface area contributed by atoms with E-state index >= 15 is 0 Å². The summed E-state index contributed by atoms with van der Waals surface area (Å²) in [5, 5.41) is 0. The molecular weight excluding hydrogens is 266 g/mol. The van der Waals surface area contributed by atoms with Gasteiger partial charge in [-0.05, 0) is 73.5 Å². The van der Waals surface area contributed by atoms with Crippen LogP contribution in [0.2, 0.25) is 0 Å². The maximum atomic E-state index is 14.2. The van der Waals surface area contributed by atoms with Gasteiger partial charge in [0.2, 0.25) is 0 Å². The Hall–Kier alpha value is -0.920. The summed E-state index contributed by atoms with van der Waals surface area (Å²) in [6, 6.07) is 1.85. The maximum absolute atomic E-state index is 14.2. The Kier molecular flexibility index (Phi) is 5.06. The third kappa shape index (κ3) is 3.14. The monoisotopic (exact) mass is 298 g/mol. The van der Waals surface area contributed by atoms with E-state index < -0.39 is 11.6 Å². The maximum Gasteiger partial charge on any atom is 0.162 e. The van der Waals surface area contributed by atoms with Crippen LogP contribution in [0.3, 0.4) is 0 Å². The Morgan fingerprint density at radius 2 is 1.67 bits per heavy atom. The zero-order valence-electron chi connectivity index (χ0n) is 12.5. The molecule has 0 aliphatic heterocycles. The van der Waals surface area contributed by atoms with Crippen LogP contribution in [0.5, 0.6) is 0 Å². The van der Waals surface area contributed by atoms with Crippen LogP contribution >= 0.6 is 0 Å². The van der Waals surface area contributed by atoms with Gasteiger partial charge < -0.3 is 0 Å². The van der Waals surface area contributed by atoms with Crippen molar-refractivity contribution in [3.05, 3.63) is 34.4 Å². The zero-order chi connectivity index (χ0) is 14.3. The van der Waals surface area contributed by atoms with Gasteiger partial charge in [-0.1, -0.05) is 33.3 Å². The Morgan fingerprint density at radius 1 is 1.00 bits per heavy atom. The van der Waals surface area contributed by atoms with Crippen molar-refractivity contribution in [2.75, 3.05) is 0 Å². The lowest BCUT2D eigenvalue weighted by atomic mass is 9.70. The van der Waals surface area contributed by atoms with Crippen molar-refractivity contribution >= 4 is 0 Å². The summed E-state index contributed by atoms with van der Waals surface area (Å²) in [6.07, 6.45) is 7.98. The average molecular weight is 298 g/mol. The van der Waals surface area contributed by atoms with Crippen molar-refractivity contribution in [2.45, 2.75) is 66.2 Å². The molecule has 0 N–H and O–H groups in total. The first kappa shape index (κ1) is 16.5. The highest BCUT2D eigenvalue weighted by atomic mass is 19.2. The predicted molar refractivity (Wildman–Crippen MR) is 88.7 cm³/mol. The molecule has 1 unspecified atom stereocenters. The molecule has 0 spiro atoms. The van der Waals surface area contributed by atoms with Crippen molar-refractivity contribution in [2.24, 2.45) is 17.8 Å². The van der Waals surface area contributed by atoms with Crippen molar-refractivity contribution in [3.63, 3.8) is 0 Å². The van der Waals surface area contributed by atoms with E-state index in [4.69, 9.17) is 0 Å². The summed E-state index contributed by atoms with van der Waals surface area (Å²) in [7, 11) is 0. The van der Waals surface area contributed by atoms with Gasteiger partial charge in [-0.15, -0.1) is 0 Å². The first-order valence-corrected chi connectivity index (χ1v) is 8.02. The highest BCUT2D eigenvalue weighted by Gasteiger charge is 2.31. The van der Waals surface area contributed by atoms with Gasteiger partial charge in [0.1, 0.15) is 0 Å². The molecular formula is C19H32F2. The summed E-state index contributed by atoms with van der Waals surface area (Å²) >= 11 is 0. The summed E-state index contributed by atoms with van der Waals surface area (Å²) in [5.74, 6) is 0.921. The first-order valence-electron chi connectivity index (χ1n) is 8.02. The van der Waals surface area contributed by atoms with E-state index in [0.29, 0.717) is 17.0 Å². The second-order valence-electron chi connectivity index (χ2n) is 6.98. The largest absolute Gasteiger partial charge is 0.203 e. The van der Waals surface area contributed by atoms with E-state index in [1.807, 2.05) is 6.07 Å². The lowest BCUT2D eigenvalue weighted by Gasteiger charge is -2.36. The quantitative estimate of drug-likeness (QED) is 0.568. The summed E-state index contributed by atoms with van der Waals surface area (Å²) in [6.45, 7) is 3.98. The predicted octanol–water partition coefficient (Wildman–Crippen LogP) is 6.33. The summed E-state index contributed by atoms with van der Waals surface area (Å²) in [4.78, 5) is 0. The van der Waals surface area contributed by atoms with Gasteiger partial charge in [-0.2, -0.15) is 0 Å². The number of hydrogen-bond donors (Lipinski definition) is 0. The van der Waals surface area contributed by atoms with Gasteiger partial charge >= 0.3 is 0 Å². The molecule has 1 aromatic rings. The molecule has 0 aromatic heterocycles. The smallest absolute Gasteiger partial charge is 0.162 e. The molecule has 0 heterocycles. The first-order chi connectivity index (χ1) is 9.56. The number of fused-ring (bicyclic) bond motifs is 1. The lowest BCUT2D eigenvalue weighted by molar-refractivity contribution is 0.195. The molecule has 2 heteroatoms. The number of aryl methyl sites for hydroxylation is 2. The number of benzene rings is 1. The van der Waals surface area contributed by atoms with E-state index in [2.05, 4.69) is 6.92 Å². The molecule has 3 rings (SSSR count). The van der Waals surface area contributed by atoms with Crippen LogP contribution in [0.4, 0.5) is 8.78 Å². The third-order valence-corrected chi connectivity index (χ3v) is 5.56. The lowest BCUT2D eigenvalue weighted by Crippen LogP contribution is -2.27. The van der Waals surface area contributed by atoms with Crippen LogP contribution in [-0.4, -0.2) is 0 Å². The van der Waals surface area contributed by atoms with Crippen LogP contribution in [0.15, 0.2) is 6.07 Å². The molecule has 1 aromatic carbocycles. The Bertz CT molecular complexity index is 509. The molecule has 2 aliphatic rings. The van der Waals surface area contributed by atoms with Crippen molar-refractivity contribution in [3.8, 4) is 0 Å². The van der Waals surface area contributed by atoms with Gasteiger partial charge in [0.15, 0.2) is 11.6 Å². The minimum Gasteiger partial charge on any atom is -0.203 e. The molecule has 21 heavy (non-hydrogen) atoms. The molecule has 1 fully saturated rings. The Morgan fingerprint density at radius 3 is 2.33 bits per heavy atom. The molecule has 0 saturated heterocycles. The van der Waals surface area contributed by atoms with Crippen molar-refractivity contribution < 1.29 is 11.6 Å². The minimum atomic E-state index is -0.637. The number of rotatable bonds is 1. The zero-order valence-corrected chi connectivity index (χ0v) is 12.5. The van der Waals surface area contributed by atoms with Crippen LogP contribution < -0.4 is 0 Å². The highest BCUT2D eigenvalue weighted by Crippen LogP contribution is 2.40. The van der Waals surface area contributed by atoms with Crippen molar-refractivity contribution in [1.29, 1.82) is 0 Å². The summed E-state index contributed by atoms with van der Waals surface area (Å²) in [5.41, 5.74) is 2.16. The van der Waals surface area contributed by atoms with Crippen molar-refractivity contribution in [1.82, 2.24) is 0 Å². The van der Waals surface area contributed by atoms with Gasteiger partial charge in [-0.25, -0.2) is 8.78 Å². The molecule has 0 bridgehead atoms. The second kappa shape index (κ2) is 6.46. The van der Waals surface area contributed by atoms with Crippen LogP contribution in [-0.2, 0) is 12.8 Å². The SMILES string of the molecule is C.Cc1cc2c(c(F)c1F)CC(C1CCC(C)CC1)CC2.[HH].[HH]. The van der Waals surface area contributed by atoms with Gasteiger partial charge in [-0.3, -0.25) is 0 Å². The van der Waals surface area contributed by atoms with Crippen LogP contribution in [0, 0.1) is 36.3 Å².